The fourth-order valence-corrected chi connectivity index (χ4v) is 2.89. The van der Waals surface area contributed by atoms with E-state index in [1.54, 1.807) is 11.3 Å². The summed E-state index contributed by atoms with van der Waals surface area (Å²) in [5.41, 5.74) is 0. The first-order chi connectivity index (χ1) is 8.15. The summed E-state index contributed by atoms with van der Waals surface area (Å²) >= 11 is 1.62. The van der Waals surface area contributed by atoms with Gasteiger partial charge in [0, 0.05) is 19.5 Å². The highest BCUT2D eigenvalue weighted by Gasteiger charge is 2.21. The molecule has 0 saturated carbocycles. The van der Waals surface area contributed by atoms with Crippen LogP contribution in [0.4, 0.5) is 5.13 Å². The van der Waals surface area contributed by atoms with Crippen LogP contribution in [-0.2, 0) is 4.79 Å². The minimum absolute atomic E-state index is 0.294. The van der Waals surface area contributed by atoms with E-state index in [1.807, 2.05) is 6.92 Å². The van der Waals surface area contributed by atoms with E-state index >= 15 is 0 Å². The molecule has 1 N–H and O–H groups in total. The third kappa shape index (κ3) is 3.39. The molecule has 0 aliphatic carbocycles. The third-order valence-electron chi connectivity index (χ3n) is 3.17. The Kier molecular flexibility index (Phi) is 3.93. The van der Waals surface area contributed by atoms with Gasteiger partial charge in [-0.1, -0.05) is 11.3 Å². The maximum Gasteiger partial charge on any atom is 0.303 e. The second-order valence-corrected chi connectivity index (χ2v) is 5.63. The zero-order chi connectivity index (χ0) is 12.3. The van der Waals surface area contributed by atoms with E-state index in [-0.39, 0.29) is 0 Å². The summed E-state index contributed by atoms with van der Waals surface area (Å²) in [6.07, 6.45) is 3.22. The summed E-state index contributed by atoms with van der Waals surface area (Å²) in [5.74, 6) is -0.136. The van der Waals surface area contributed by atoms with Gasteiger partial charge in [0.25, 0.3) is 0 Å². The van der Waals surface area contributed by atoms with Gasteiger partial charge in [0.2, 0.25) is 5.13 Å². The number of carbonyl (C=O) groups is 1. The Hall–Kier alpha value is -1.17. The van der Waals surface area contributed by atoms with Crippen molar-refractivity contribution in [3.8, 4) is 0 Å². The van der Waals surface area contributed by atoms with E-state index in [2.05, 4.69) is 15.1 Å². The van der Waals surface area contributed by atoms with Gasteiger partial charge < -0.3 is 10.0 Å². The molecule has 2 heterocycles. The van der Waals surface area contributed by atoms with Crippen LogP contribution in [0.25, 0.3) is 0 Å². The number of aromatic nitrogens is 2. The molecule has 2 rings (SSSR count). The smallest absolute Gasteiger partial charge is 0.303 e. The van der Waals surface area contributed by atoms with Crippen molar-refractivity contribution in [1.82, 2.24) is 10.2 Å². The second kappa shape index (κ2) is 5.44. The van der Waals surface area contributed by atoms with Crippen LogP contribution in [0.5, 0.6) is 0 Å². The maximum absolute atomic E-state index is 10.5. The highest BCUT2D eigenvalue weighted by molar-refractivity contribution is 7.15. The molecule has 0 aromatic carbocycles. The molecule has 0 unspecified atom stereocenters. The van der Waals surface area contributed by atoms with Crippen molar-refractivity contribution in [2.75, 3.05) is 18.0 Å². The van der Waals surface area contributed by atoms with Crippen LogP contribution in [0.15, 0.2) is 0 Å². The fraction of sp³-hybridized carbons (Fsp3) is 0.727. The standard InChI is InChI=1S/C11H17N3O2S/c1-8-12-13-11(17-8)14-6-4-9(5-7-14)2-3-10(15)16/h9H,2-7H2,1H3,(H,15,16). The van der Waals surface area contributed by atoms with Crippen molar-refractivity contribution < 1.29 is 9.90 Å². The number of rotatable bonds is 4. The summed E-state index contributed by atoms with van der Waals surface area (Å²) in [6, 6.07) is 0. The lowest BCUT2D eigenvalue weighted by molar-refractivity contribution is -0.137. The molecule has 1 aliphatic rings. The van der Waals surface area contributed by atoms with Crippen molar-refractivity contribution in [3.05, 3.63) is 5.01 Å². The second-order valence-electron chi connectivity index (χ2n) is 4.47. The first-order valence-corrected chi connectivity index (χ1v) is 6.73. The van der Waals surface area contributed by atoms with Gasteiger partial charge in [-0.15, -0.1) is 10.2 Å². The number of piperidine rings is 1. The Labute approximate surface area is 104 Å². The van der Waals surface area contributed by atoms with Crippen LogP contribution >= 0.6 is 11.3 Å². The van der Waals surface area contributed by atoms with Crippen molar-refractivity contribution in [2.45, 2.75) is 32.6 Å². The summed E-state index contributed by atoms with van der Waals surface area (Å²) < 4.78 is 0. The lowest BCUT2D eigenvalue weighted by Crippen LogP contribution is -2.33. The van der Waals surface area contributed by atoms with Crippen LogP contribution < -0.4 is 4.90 Å². The molecule has 0 radical (unpaired) electrons. The van der Waals surface area contributed by atoms with Crippen molar-refractivity contribution >= 4 is 22.4 Å². The SMILES string of the molecule is Cc1nnc(N2CCC(CCC(=O)O)CC2)s1. The van der Waals surface area contributed by atoms with Crippen molar-refractivity contribution in [1.29, 1.82) is 0 Å². The lowest BCUT2D eigenvalue weighted by Gasteiger charge is -2.31. The van der Waals surface area contributed by atoms with E-state index < -0.39 is 5.97 Å². The quantitative estimate of drug-likeness (QED) is 0.890. The van der Waals surface area contributed by atoms with E-state index in [9.17, 15) is 4.79 Å². The number of hydrogen-bond acceptors (Lipinski definition) is 5. The summed E-state index contributed by atoms with van der Waals surface area (Å²) in [4.78, 5) is 12.8. The van der Waals surface area contributed by atoms with Crippen molar-refractivity contribution in [3.63, 3.8) is 0 Å². The minimum Gasteiger partial charge on any atom is -0.481 e. The molecule has 6 heteroatoms. The van der Waals surface area contributed by atoms with Gasteiger partial charge >= 0.3 is 5.97 Å². The molecule has 1 aromatic heterocycles. The molecule has 17 heavy (non-hydrogen) atoms. The Bertz CT molecular complexity index is 386. The number of carboxylic acid groups (broad SMARTS) is 1. The molecule has 94 valence electrons. The van der Waals surface area contributed by atoms with Crippen molar-refractivity contribution in [2.24, 2.45) is 5.92 Å². The maximum atomic E-state index is 10.5. The largest absolute Gasteiger partial charge is 0.481 e. The zero-order valence-corrected chi connectivity index (χ0v) is 10.7. The van der Waals surface area contributed by atoms with Gasteiger partial charge in [0.1, 0.15) is 5.01 Å². The molecule has 0 bridgehead atoms. The highest BCUT2D eigenvalue weighted by Crippen LogP contribution is 2.27. The molecule has 1 aromatic rings. The Morgan fingerprint density at radius 2 is 2.18 bits per heavy atom. The van der Waals surface area contributed by atoms with Gasteiger partial charge in [0.15, 0.2) is 0 Å². The van der Waals surface area contributed by atoms with E-state index in [1.165, 1.54) is 0 Å². The number of carboxylic acids is 1. The summed E-state index contributed by atoms with van der Waals surface area (Å²) in [6.45, 7) is 3.90. The average Bonchev–Trinajstić information content (AvgIpc) is 2.74. The number of hydrogen-bond donors (Lipinski definition) is 1. The normalized spacial score (nSPS) is 17.4. The number of anilines is 1. The Balaban J connectivity index is 1.80. The molecule has 1 fully saturated rings. The predicted molar refractivity (Wildman–Crippen MR) is 66.5 cm³/mol. The van der Waals surface area contributed by atoms with E-state index in [0.717, 1.165) is 42.5 Å². The number of aliphatic carboxylic acids is 1. The Morgan fingerprint density at radius 3 is 2.71 bits per heavy atom. The first-order valence-electron chi connectivity index (χ1n) is 5.92. The van der Waals surface area contributed by atoms with Gasteiger partial charge in [0.05, 0.1) is 0 Å². The van der Waals surface area contributed by atoms with E-state index in [4.69, 9.17) is 5.11 Å². The number of nitrogens with zero attached hydrogens (tertiary/aromatic N) is 3. The molecule has 5 nitrogen and oxygen atoms in total. The monoisotopic (exact) mass is 255 g/mol. The molecule has 1 aliphatic heterocycles. The lowest BCUT2D eigenvalue weighted by atomic mass is 9.92. The zero-order valence-electron chi connectivity index (χ0n) is 9.93. The topological polar surface area (TPSA) is 66.3 Å². The molecule has 0 atom stereocenters. The van der Waals surface area contributed by atoms with Gasteiger partial charge in [-0.25, -0.2) is 0 Å². The molecular weight excluding hydrogens is 238 g/mol. The molecular formula is C11H17N3O2S. The van der Waals surface area contributed by atoms with Gasteiger partial charge in [-0.05, 0) is 32.1 Å². The molecule has 0 spiro atoms. The minimum atomic E-state index is -0.688. The van der Waals surface area contributed by atoms with Crippen LogP contribution in [-0.4, -0.2) is 34.4 Å². The summed E-state index contributed by atoms with van der Waals surface area (Å²) in [5, 5.41) is 18.8. The number of aryl methyl sites for hydroxylation is 1. The predicted octanol–water partition coefficient (Wildman–Crippen LogP) is 1.93. The average molecular weight is 255 g/mol. The molecule has 0 amide bonds. The first kappa shape index (κ1) is 12.3. The Morgan fingerprint density at radius 1 is 1.47 bits per heavy atom. The third-order valence-corrected chi connectivity index (χ3v) is 4.07. The van der Waals surface area contributed by atoms with Crippen LogP contribution in [0.3, 0.4) is 0 Å². The van der Waals surface area contributed by atoms with Crippen LogP contribution in [0.1, 0.15) is 30.7 Å². The van der Waals surface area contributed by atoms with Crippen LogP contribution in [0.2, 0.25) is 0 Å². The molecule has 1 saturated heterocycles. The highest BCUT2D eigenvalue weighted by atomic mass is 32.1. The summed E-state index contributed by atoms with van der Waals surface area (Å²) in [7, 11) is 0. The van der Waals surface area contributed by atoms with Crippen LogP contribution in [0, 0.1) is 12.8 Å². The van der Waals surface area contributed by atoms with Gasteiger partial charge in [-0.2, -0.15) is 0 Å². The van der Waals surface area contributed by atoms with E-state index in [0.29, 0.717) is 12.3 Å². The van der Waals surface area contributed by atoms with Gasteiger partial charge in [-0.3, -0.25) is 4.79 Å². The fourth-order valence-electron chi connectivity index (χ4n) is 2.15.